The van der Waals surface area contributed by atoms with Gasteiger partial charge in [-0.15, -0.1) is 0 Å². The normalized spacial score (nSPS) is 17.9. The van der Waals surface area contributed by atoms with E-state index >= 15 is 0 Å². The second-order valence-electron chi connectivity index (χ2n) is 4.15. The van der Waals surface area contributed by atoms with Crippen molar-refractivity contribution in [1.82, 2.24) is 0 Å². The van der Waals surface area contributed by atoms with Crippen molar-refractivity contribution in [2.45, 2.75) is 19.8 Å². The number of aryl methyl sites for hydroxylation is 1. The summed E-state index contributed by atoms with van der Waals surface area (Å²) in [5.74, 6) is 1.26. The molecule has 4 heteroatoms. The first-order valence-corrected chi connectivity index (χ1v) is 5.71. The van der Waals surface area contributed by atoms with Crippen molar-refractivity contribution in [3.05, 3.63) is 63.7 Å². The molecule has 1 aromatic carbocycles. The Morgan fingerprint density at radius 3 is 2.78 bits per heavy atom. The zero-order valence-electron chi connectivity index (χ0n) is 9.88. The first-order valence-electron chi connectivity index (χ1n) is 5.71. The Hall–Kier alpha value is -2.07. The van der Waals surface area contributed by atoms with E-state index in [1.807, 2.05) is 30.3 Å². The van der Waals surface area contributed by atoms with Gasteiger partial charge >= 0.3 is 0 Å². The Bertz CT molecular complexity index is 615. The fourth-order valence-electron chi connectivity index (χ4n) is 1.94. The van der Waals surface area contributed by atoms with E-state index in [0.29, 0.717) is 11.5 Å². The van der Waals surface area contributed by atoms with E-state index in [0.717, 1.165) is 5.56 Å². The van der Waals surface area contributed by atoms with Gasteiger partial charge in [-0.2, -0.15) is 0 Å². The quantitative estimate of drug-likeness (QED) is 0.773. The van der Waals surface area contributed by atoms with Crippen molar-refractivity contribution < 1.29 is 13.9 Å². The van der Waals surface area contributed by atoms with Crippen LogP contribution in [0.1, 0.15) is 23.4 Å². The van der Waals surface area contributed by atoms with Crippen LogP contribution in [0, 0.1) is 6.92 Å². The first-order chi connectivity index (χ1) is 8.74. The van der Waals surface area contributed by atoms with Gasteiger partial charge in [0, 0.05) is 11.6 Å². The van der Waals surface area contributed by atoms with Gasteiger partial charge in [-0.1, -0.05) is 30.3 Å². The van der Waals surface area contributed by atoms with E-state index < -0.39 is 6.29 Å². The zero-order valence-corrected chi connectivity index (χ0v) is 9.88. The summed E-state index contributed by atoms with van der Waals surface area (Å²) in [6.07, 6.45) is -0.552. The average molecular weight is 244 g/mol. The van der Waals surface area contributed by atoms with E-state index in [9.17, 15) is 4.79 Å². The third-order valence-electron chi connectivity index (χ3n) is 2.76. The minimum absolute atomic E-state index is 0.169. The zero-order chi connectivity index (χ0) is 12.5. The van der Waals surface area contributed by atoms with Gasteiger partial charge < -0.3 is 13.9 Å². The van der Waals surface area contributed by atoms with Gasteiger partial charge in [-0.25, -0.2) is 0 Å². The van der Waals surface area contributed by atoms with Crippen LogP contribution in [0.15, 0.2) is 45.6 Å². The molecule has 1 aliphatic heterocycles. The lowest BCUT2D eigenvalue weighted by Gasteiger charge is -2.25. The van der Waals surface area contributed by atoms with Crippen molar-refractivity contribution in [3.8, 4) is 5.75 Å². The molecule has 0 fully saturated rings. The third-order valence-corrected chi connectivity index (χ3v) is 2.76. The molecule has 0 saturated carbocycles. The molecule has 0 N–H and O–H groups in total. The number of hydrogen-bond donors (Lipinski definition) is 0. The maximum atomic E-state index is 11.8. The predicted molar refractivity (Wildman–Crippen MR) is 64.3 cm³/mol. The second-order valence-corrected chi connectivity index (χ2v) is 4.15. The molecule has 0 amide bonds. The van der Waals surface area contributed by atoms with Crippen LogP contribution in [0.25, 0.3) is 0 Å². The summed E-state index contributed by atoms with van der Waals surface area (Å²) < 4.78 is 16.5. The fraction of sp³-hybridized carbons (Fsp3) is 0.214. The van der Waals surface area contributed by atoms with Crippen LogP contribution >= 0.6 is 0 Å². The number of ether oxygens (including phenoxy) is 2. The van der Waals surface area contributed by atoms with Crippen molar-refractivity contribution in [1.29, 1.82) is 0 Å². The summed E-state index contributed by atoms with van der Waals surface area (Å²) in [4.78, 5) is 11.8. The summed E-state index contributed by atoms with van der Waals surface area (Å²) in [5.41, 5.74) is 0.709. The molecule has 2 heterocycles. The molecule has 0 aliphatic carbocycles. The molecular formula is C14H12O4. The van der Waals surface area contributed by atoms with Crippen molar-refractivity contribution in [2.24, 2.45) is 0 Å². The highest BCUT2D eigenvalue weighted by Gasteiger charge is 2.25. The van der Waals surface area contributed by atoms with Gasteiger partial charge in [-0.3, -0.25) is 4.79 Å². The molecule has 0 radical (unpaired) electrons. The van der Waals surface area contributed by atoms with E-state index in [1.54, 1.807) is 6.92 Å². The van der Waals surface area contributed by atoms with Gasteiger partial charge in [0.15, 0.2) is 5.76 Å². The molecule has 0 unspecified atom stereocenters. The summed E-state index contributed by atoms with van der Waals surface area (Å²) in [6.45, 7) is 1.97. The number of hydrogen-bond acceptors (Lipinski definition) is 4. The van der Waals surface area contributed by atoms with Gasteiger partial charge in [0.25, 0.3) is 0 Å². The molecule has 0 saturated heterocycles. The highest BCUT2D eigenvalue weighted by atomic mass is 16.7. The van der Waals surface area contributed by atoms with Gasteiger partial charge in [0.05, 0.1) is 0 Å². The highest BCUT2D eigenvalue weighted by Crippen LogP contribution is 2.30. The maximum absolute atomic E-state index is 11.8. The molecule has 3 rings (SSSR count). The van der Waals surface area contributed by atoms with Crippen LogP contribution in [-0.2, 0) is 11.3 Å². The predicted octanol–water partition coefficient (Wildman–Crippen LogP) is 2.56. The summed E-state index contributed by atoms with van der Waals surface area (Å²) in [6, 6.07) is 10.9. The standard InChI is InChI=1S/C14H12O4/c1-9-7-11(15)13-12(17-9)8-16-14(18-13)10-5-3-2-4-6-10/h2-7,14H,8H2,1H3/t14-/m0/s1. The largest absolute Gasteiger partial charge is 0.460 e. The molecule has 4 nitrogen and oxygen atoms in total. The monoisotopic (exact) mass is 244 g/mol. The van der Waals surface area contributed by atoms with E-state index in [4.69, 9.17) is 13.9 Å². The van der Waals surface area contributed by atoms with Crippen molar-refractivity contribution in [3.63, 3.8) is 0 Å². The van der Waals surface area contributed by atoms with Crippen molar-refractivity contribution in [2.75, 3.05) is 0 Å². The van der Waals surface area contributed by atoms with E-state index in [2.05, 4.69) is 0 Å². The Labute approximate surface area is 104 Å². The van der Waals surface area contributed by atoms with Crippen LogP contribution < -0.4 is 10.2 Å². The average Bonchev–Trinajstić information content (AvgIpc) is 2.39. The topological polar surface area (TPSA) is 48.7 Å². The Kier molecular flexibility index (Phi) is 2.64. The molecule has 18 heavy (non-hydrogen) atoms. The molecule has 1 aliphatic rings. The fourth-order valence-corrected chi connectivity index (χ4v) is 1.94. The van der Waals surface area contributed by atoms with Crippen LogP contribution in [0.2, 0.25) is 0 Å². The molecule has 0 bridgehead atoms. The second kappa shape index (κ2) is 4.31. The molecular weight excluding hydrogens is 232 g/mol. The first kappa shape index (κ1) is 11.0. The lowest BCUT2D eigenvalue weighted by molar-refractivity contribution is -0.121. The summed E-state index contributed by atoms with van der Waals surface area (Å²) in [5, 5.41) is 0. The van der Waals surface area contributed by atoms with Gasteiger partial charge in [0.1, 0.15) is 12.4 Å². The van der Waals surface area contributed by atoms with E-state index in [-0.39, 0.29) is 17.8 Å². The highest BCUT2D eigenvalue weighted by molar-refractivity contribution is 5.29. The van der Waals surface area contributed by atoms with Gasteiger partial charge in [-0.05, 0) is 6.92 Å². The number of fused-ring (bicyclic) bond motifs is 1. The van der Waals surface area contributed by atoms with E-state index in [1.165, 1.54) is 6.07 Å². The molecule has 1 atom stereocenters. The Morgan fingerprint density at radius 2 is 2.00 bits per heavy atom. The smallest absolute Gasteiger partial charge is 0.227 e. The number of rotatable bonds is 1. The van der Waals surface area contributed by atoms with Crippen LogP contribution in [0.5, 0.6) is 5.75 Å². The van der Waals surface area contributed by atoms with Crippen LogP contribution in [-0.4, -0.2) is 0 Å². The van der Waals surface area contributed by atoms with Crippen LogP contribution in [0.4, 0.5) is 0 Å². The lowest BCUT2D eigenvalue weighted by Crippen LogP contribution is -2.22. The molecule has 92 valence electrons. The Balaban J connectivity index is 1.97. The molecule has 0 spiro atoms. The SMILES string of the molecule is Cc1cc(=O)c2c(o1)CO[C@H](c1ccccc1)O2. The van der Waals surface area contributed by atoms with Crippen LogP contribution in [0.3, 0.4) is 0 Å². The number of benzene rings is 1. The minimum atomic E-state index is -0.552. The lowest BCUT2D eigenvalue weighted by atomic mass is 10.2. The summed E-state index contributed by atoms with van der Waals surface area (Å²) in [7, 11) is 0. The molecule has 2 aromatic rings. The Morgan fingerprint density at radius 1 is 1.22 bits per heavy atom. The van der Waals surface area contributed by atoms with Gasteiger partial charge in [0.2, 0.25) is 17.5 Å². The summed E-state index contributed by atoms with van der Waals surface area (Å²) >= 11 is 0. The maximum Gasteiger partial charge on any atom is 0.227 e. The minimum Gasteiger partial charge on any atom is -0.460 e. The molecule has 1 aromatic heterocycles. The van der Waals surface area contributed by atoms with Crippen molar-refractivity contribution >= 4 is 0 Å². The third kappa shape index (κ3) is 1.91.